The molecule has 0 radical (unpaired) electrons. The van der Waals surface area contributed by atoms with Crippen molar-refractivity contribution in [2.75, 3.05) is 6.54 Å². The van der Waals surface area contributed by atoms with Crippen LogP contribution in [0.25, 0.3) is 0 Å². The Hall–Kier alpha value is -3.35. The van der Waals surface area contributed by atoms with Gasteiger partial charge >= 0.3 is 0 Å². The fourth-order valence-corrected chi connectivity index (χ4v) is 5.42. The van der Waals surface area contributed by atoms with Crippen molar-refractivity contribution in [1.29, 1.82) is 0 Å². The third kappa shape index (κ3) is 5.24. The summed E-state index contributed by atoms with van der Waals surface area (Å²) in [6.07, 6.45) is 2.52. The molecule has 0 bridgehead atoms. The summed E-state index contributed by atoms with van der Waals surface area (Å²) in [4.78, 5) is 20.0. The Morgan fingerprint density at radius 1 is 1.03 bits per heavy atom. The Kier molecular flexibility index (Phi) is 6.52. The molecule has 1 N–H and O–H groups in total. The number of aryl methyl sites for hydroxylation is 1. The summed E-state index contributed by atoms with van der Waals surface area (Å²) in [5, 5.41) is 9.79. The number of thiophene rings is 1. The lowest BCUT2D eigenvalue weighted by Crippen LogP contribution is -2.35. The molecule has 0 fully saturated rings. The van der Waals surface area contributed by atoms with E-state index in [0.29, 0.717) is 18.7 Å². The molecule has 0 saturated heterocycles. The fraction of sp³-hybridized carbons (Fsp3) is 0.250. The largest absolute Gasteiger partial charge is 0.508 e. The summed E-state index contributed by atoms with van der Waals surface area (Å²) in [7, 11) is 0. The minimum Gasteiger partial charge on any atom is -0.508 e. The van der Waals surface area contributed by atoms with Crippen molar-refractivity contribution in [2.45, 2.75) is 39.5 Å². The molecule has 0 spiro atoms. The molecule has 4 aromatic rings. The summed E-state index contributed by atoms with van der Waals surface area (Å²) in [6.45, 7) is 5.69. The zero-order valence-corrected chi connectivity index (χ0v) is 20.1. The predicted molar refractivity (Wildman–Crippen MR) is 134 cm³/mol. The van der Waals surface area contributed by atoms with E-state index in [4.69, 9.17) is 4.42 Å². The van der Waals surface area contributed by atoms with Gasteiger partial charge in [-0.05, 0) is 78.6 Å². The van der Waals surface area contributed by atoms with Crippen LogP contribution in [0.15, 0.2) is 77.4 Å². The van der Waals surface area contributed by atoms with E-state index in [1.54, 1.807) is 18.4 Å². The van der Waals surface area contributed by atoms with Crippen LogP contribution in [0.2, 0.25) is 0 Å². The van der Waals surface area contributed by atoms with Crippen molar-refractivity contribution < 1.29 is 14.3 Å². The SMILES string of the molecule is Cc1ccc(CN(Cc2ccc(C(=O)N3CCc4ccc(O)cc4C3)cc2)Cc2ccco2)s1. The second-order valence-corrected chi connectivity index (χ2v) is 10.2. The second-order valence-electron chi connectivity index (χ2n) is 8.86. The molecule has 6 heteroatoms. The first kappa shape index (κ1) is 22.4. The van der Waals surface area contributed by atoms with Crippen LogP contribution in [0.1, 0.15) is 42.6 Å². The van der Waals surface area contributed by atoms with E-state index in [1.807, 2.05) is 58.7 Å². The maximum absolute atomic E-state index is 13.1. The number of carbonyl (C=O) groups is 1. The number of aromatic hydroxyl groups is 1. The third-order valence-corrected chi connectivity index (χ3v) is 7.22. The lowest BCUT2D eigenvalue weighted by atomic mass is 9.98. The van der Waals surface area contributed by atoms with Gasteiger partial charge in [0.2, 0.25) is 0 Å². The molecule has 2 aromatic heterocycles. The van der Waals surface area contributed by atoms with Crippen molar-refractivity contribution in [2.24, 2.45) is 0 Å². The molecule has 3 heterocycles. The smallest absolute Gasteiger partial charge is 0.254 e. The van der Waals surface area contributed by atoms with Gasteiger partial charge in [0.05, 0.1) is 12.8 Å². The molecule has 0 atom stereocenters. The molecule has 2 aromatic carbocycles. The van der Waals surface area contributed by atoms with Crippen molar-refractivity contribution >= 4 is 17.2 Å². The summed E-state index contributed by atoms with van der Waals surface area (Å²) >= 11 is 1.82. The first-order valence-corrected chi connectivity index (χ1v) is 12.3. The highest BCUT2D eigenvalue weighted by Gasteiger charge is 2.22. The number of carbonyl (C=O) groups excluding carboxylic acids is 1. The van der Waals surface area contributed by atoms with Crippen LogP contribution in [0.5, 0.6) is 5.75 Å². The van der Waals surface area contributed by atoms with E-state index < -0.39 is 0 Å². The van der Waals surface area contributed by atoms with Crippen molar-refractivity contribution in [3.8, 4) is 5.75 Å². The van der Waals surface area contributed by atoms with E-state index in [0.717, 1.165) is 42.9 Å². The molecular weight excluding hydrogens is 444 g/mol. The zero-order chi connectivity index (χ0) is 23.5. The molecule has 0 saturated carbocycles. The maximum atomic E-state index is 13.1. The van der Waals surface area contributed by atoms with Gasteiger partial charge in [-0.25, -0.2) is 0 Å². The topological polar surface area (TPSA) is 56.9 Å². The van der Waals surface area contributed by atoms with Gasteiger partial charge in [-0.3, -0.25) is 9.69 Å². The van der Waals surface area contributed by atoms with Crippen LogP contribution in [0.3, 0.4) is 0 Å². The fourth-order valence-electron chi connectivity index (χ4n) is 4.49. The standard InChI is InChI=1S/C28H28N2O3S/c1-20-4-11-27(34-20)19-29(18-26-3-2-14-33-26)16-21-5-7-23(8-6-21)28(32)30-13-12-22-9-10-25(31)15-24(22)17-30/h2-11,14-15,31H,12-13,16-19H2,1H3. The number of nitrogens with zero attached hydrogens (tertiary/aromatic N) is 2. The summed E-state index contributed by atoms with van der Waals surface area (Å²) < 4.78 is 5.59. The van der Waals surface area contributed by atoms with Gasteiger partial charge in [-0.15, -0.1) is 11.3 Å². The van der Waals surface area contributed by atoms with E-state index in [9.17, 15) is 9.90 Å². The van der Waals surface area contributed by atoms with Gasteiger partial charge < -0.3 is 14.4 Å². The van der Waals surface area contributed by atoms with E-state index in [2.05, 4.69) is 24.0 Å². The molecule has 0 aliphatic carbocycles. The lowest BCUT2D eigenvalue weighted by molar-refractivity contribution is 0.0734. The Labute approximate surface area is 203 Å². The van der Waals surface area contributed by atoms with Crippen LogP contribution in [0, 0.1) is 6.92 Å². The number of amides is 1. The number of benzene rings is 2. The molecule has 1 aliphatic rings. The minimum absolute atomic E-state index is 0.0297. The summed E-state index contributed by atoms with van der Waals surface area (Å²) in [5.41, 5.74) is 4.08. The monoisotopic (exact) mass is 472 g/mol. The number of hydrogen-bond acceptors (Lipinski definition) is 5. The average Bonchev–Trinajstić information content (AvgIpc) is 3.50. The second kappa shape index (κ2) is 9.87. The van der Waals surface area contributed by atoms with Crippen LogP contribution >= 0.6 is 11.3 Å². The first-order chi connectivity index (χ1) is 16.5. The predicted octanol–water partition coefficient (Wildman–Crippen LogP) is 5.76. The van der Waals surface area contributed by atoms with E-state index >= 15 is 0 Å². The number of hydrogen-bond donors (Lipinski definition) is 1. The maximum Gasteiger partial charge on any atom is 0.254 e. The van der Waals surface area contributed by atoms with Crippen LogP contribution in [-0.2, 0) is 32.6 Å². The highest BCUT2D eigenvalue weighted by Crippen LogP contribution is 2.25. The minimum atomic E-state index is 0.0297. The van der Waals surface area contributed by atoms with Crippen LogP contribution < -0.4 is 0 Å². The quantitative estimate of drug-likeness (QED) is 0.372. The zero-order valence-electron chi connectivity index (χ0n) is 19.2. The molecule has 1 aliphatic heterocycles. The van der Waals surface area contributed by atoms with E-state index in [-0.39, 0.29) is 11.7 Å². The molecule has 5 rings (SSSR count). The summed E-state index contributed by atoms with van der Waals surface area (Å²) in [5.74, 6) is 1.22. The number of furan rings is 1. The van der Waals surface area contributed by atoms with Gasteiger partial charge in [0.25, 0.3) is 5.91 Å². The number of fused-ring (bicyclic) bond motifs is 1. The highest BCUT2D eigenvalue weighted by molar-refractivity contribution is 7.11. The third-order valence-electron chi connectivity index (χ3n) is 6.23. The van der Waals surface area contributed by atoms with Gasteiger partial charge in [0.15, 0.2) is 0 Å². The van der Waals surface area contributed by atoms with Gasteiger partial charge in [0.1, 0.15) is 11.5 Å². The van der Waals surface area contributed by atoms with E-state index in [1.165, 1.54) is 15.3 Å². The lowest BCUT2D eigenvalue weighted by Gasteiger charge is -2.29. The van der Waals surface area contributed by atoms with Crippen LogP contribution in [-0.4, -0.2) is 27.4 Å². The summed E-state index contributed by atoms with van der Waals surface area (Å²) in [6, 6.07) is 21.6. The Morgan fingerprint density at radius 3 is 2.62 bits per heavy atom. The van der Waals surface area contributed by atoms with Gasteiger partial charge in [-0.2, -0.15) is 0 Å². The molecule has 1 amide bonds. The molecule has 34 heavy (non-hydrogen) atoms. The molecule has 0 unspecified atom stereocenters. The van der Waals surface area contributed by atoms with Crippen LogP contribution in [0.4, 0.5) is 0 Å². The van der Waals surface area contributed by atoms with Crippen molar-refractivity contribution in [3.05, 3.63) is 111 Å². The Morgan fingerprint density at radius 2 is 1.88 bits per heavy atom. The number of phenols is 1. The Bertz CT molecular complexity index is 1260. The average molecular weight is 473 g/mol. The number of phenolic OH excluding ortho intramolecular Hbond substituents is 1. The van der Waals surface area contributed by atoms with Gasteiger partial charge in [-0.1, -0.05) is 18.2 Å². The Balaban J connectivity index is 1.27. The van der Waals surface area contributed by atoms with Crippen molar-refractivity contribution in [1.82, 2.24) is 9.80 Å². The first-order valence-electron chi connectivity index (χ1n) is 11.5. The molecule has 5 nitrogen and oxygen atoms in total. The highest BCUT2D eigenvalue weighted by atomic mass is 32.1. The number of rotatable bonds is 7. The normalized spacial score (nSPS) is 13.3. The molecule has 174 valence electrons. The molecular formula is C28H28N2O3S. The van der Waals surface area contributed by atoms with Crippen molar-refractivity contribution in [3.63, 3.8) is 0 Å². The van der Waals surface area contributed by atoms with Gasteiger partial charge in [0, 0.05) is 41.5 Å².